The quantitative estimate of drug-likeness (QED) is 0.886. The van der Waals surface area contributed by atoms with Crippen molar-refractivity contribution in [3.63, 3.8) is 0 Å². The molecule has 0 aliphatic heterocycles. The van der Waals surface area contributed by atoms with Crippen molar-refractivity contribution in [2.24, 2.45) is 0 Å². The minimum atomic E-state index is -1.09. The molecule has 2 rings (SSSR count). The van der Waals surface area contributed by atoms with Crippen molar-refractivity contribution in [1.82, 2.24) is 9.97 Å². The largest absolute Gasteiger partial charge is 0.476 e. The first-order valence-corrected chi connectivity index (χ1v) is 5.38. The third-order valence-electron chi connectivity index (χ3n) is 2.42. The lowest BCUT2D eigenvalue weighted by atomic mass is 10.4. The Bertz CT molecular complexity index is 565. The van der Waals surface area contributed by atoms with Crippen LogP contribution in [0.2, 0.25) is 0 Å². The Morgan fingerprint density at radius 3 is 2.83 bits per heavy atom. The molecule has 0 saturated heterocycles. The number of anilines is 1. The van der Waals surface area contributed by atoms with Gasteiger partial charge in [0, 0.05) is 7.05 Å². The average Bonchev–Trinajstić information content (AvgIpc) is 2.75. The molecule has 2 heterocycles. The Balaban J connectivity index is 2.15. The van der Waals surface area contributed by atoms with Crippen molar-refractivity contribution in [1.29, 1.82) is 0 Å². The van der Waals surface area contributed by atoms with E-state index in [0.717, 1.165) is 11.5 Å². The number of furan rings is 1. The molecule has 0 atom stereocenters. The van der Waals surface area contributed by atoms with Gasteiger partial charge in [0.1, 0.15) is 17.3 Å². The van der Waals surface area contributed by atoms with Crippen LogP contribution < -0.4 is 4.90 Å². The van der Waals surface area contributed by atoms with Gasteiger partial charge in [-0.15, -0.1) is 0 Å². The number of aromatic nitrogens is 2. The Morgan fingerprint density at radius 1 is 1.44 bits per heavy atom. The van der Waals surface area contributed by atoms with Crippen LogP contribution in [0, 0.1) is 6.92 Å². The molecule has 1 N–H and O–H groups in total. The molecule has 6 heteroatoms. The van der Waals surface area contributed by atoms with Crippen molar-refractivity contribution in [2.75, 3.05) is 11.9 Å². The van der Waals surface area contributed by atoms with Crippen molar-refractivity contribution in [2.45, 2.75) is 13.5 Å². The van der Waals surface area contributed by atoms with Gasteiger partial charge in [-0.1, -0.05) is 0 Å². The molecule has 0 saturated carbocycles. The zero-order valence-corrected chi connectivity index (χ0v) is 10.1. The lowest BCUT2D eigenvalue weighted by molar-refractivity contribution is 0.0690. The summed E-state index contributed by atoms with van der Waals surface area (Å²) in [5.41, 5.74) is -0.0741. The van der Waals surface area contributed by atoms with Gasteiger partial charge in [0.2, 0.25) is 0 Å². The summed E-state index contributed by atoms with van der Waals surface area (Å²) in [6, 6.07) is 3.75. The van der Waals surface area contributed by atoms with E-state index in [0.29, 0.717) is 12.4 Å². The van der Waals surface area contributed by atoms with Crippen LogP contribution in [-0.4, -0.2) is 28.1 Å². The van der Waals surface area contributed by atoms with Crippen molar-refractivity contribution < 1.29 is 14.3 Å². The van der Waals surface area contributed by atoms with Gasteiger partial charge in [0.05, 0.1) is 18.9 Å². The second-order valence-electron chi connectivity index (χ2n) is 3.94. The van der Waals surface area contributed by atoms with E-state index in [4.69, 9.17) is 9.52 Å². The van der Waals surface area contributed by atoms with Gasteiger partial charge < -0.3 is 14.4 Å². The van der Waals surface area contributed by atoms with Crippen LogP contribution in [0.3, 0.4) is 0 Å². The number of carboxylic acids is 1. The molecule has 0 aliphatic rings. The fraction of sp³-hybridized carbons (Fsp3) is 0.250. The van der Waals surface area contributed by atoms with Crippen LogP contribution in [0.25, 0.3) is 0 Å². The van der Waals surface area contributed by atoms with Crippen LogP contribution in [-0.2, 0) is 6.54 Å². The van der Waals surface area contributed by atoms with Crippen LogP contribution in [0.4, 0.5) is 5.82 Å². The van der Waals surface area contributed by atoms with E-state index in [2.05, 4.69) is 9.97 Å². The van der Waals surface area contributed by atoms with Crippen LogP contribution in [0.5, 0.6) is 0 Å². The molecule has 0 fully saturated rings. The van der Waals surface area contributed by atoms with Crippen molar-refractivity contribution >= 4 is 11.8 Å². The van der Waals surface area contributed by atoms with Gasteiger partial charge in [-0.25, -0.2) is 9.78 Å². The summed E-state index contributed by atoms with van der Waals surface area (Å²) < 4.78 is 5.45. The van der Waals surface area contributed by atoms with E-state index < -0.39 is 5.97 Å². The highest BCUT2D eigenvalue weighted by Crippen LogP contribution is 2.14. The highest BCUT2D eigenvalue weighted by Gasteiger charge is 2.10. The summed E-state index contributed by atoms with van der Waals surface area (Å²) in [4.78, 5) is 20.4. The zero-order chi connectivity index (χ0) is 13.1. The predicted molar refractivity (Wildman–Crippen MR) is 64.5 cm³/mol. The Kier molecular flexibility index (Phi) is 3.27. The smallest absolute Gasteiger partial charge is 0.356 e. The summed E-state index contributed by atoms with van der Waals surface area (Å²) >= 11 is 0. The first-order chi connectivity index (χ1) is 8.56. The van der Waals surface area contributed by atoms with Gasteiger partial charge >= 0.3 is 5.97 Å². The molecule has 0 aliphatic carbocycles. The predicted octanol–water partition coefficient (Wildman–Crippen LogP) is 1.71. The van der Waals surface area contributed by atoms with E-state index in [1.54, 1.807) is 11.9 Å². The zero-order valence-electron chi connectivity index (χ0n) is 10.1. The number of hydrogen-bond donors (Lipinski definition) is 1. The number of aryl methyl sites for hydroxylation is 1. The summed E-state index contributed by atoms with van der Waals surface area (Å²) in [5, 5.41) is 8.84. The molecular weight excluding hydrogens is 234 g/mol. The molecule has 94 valence electrons. The maximum atomic E-state index is 10.8. The van der Waals surface area contributed by atoms with E-state index >= 15 is 0 Å². The Hall–Kier alpha value is -2.37. The topological polar surface area (TPSA) is 79.5 Å². The van der Waals surface area contributed by atoms with Gasteiger partial charge in [-0.2, -0.15) is 0 Å². The van der Waals surface area contributed by atoms with E-state index in [9.17, 15) is 4.79 Å². The molecule has 2 aromatic rings. The monoisotopic (exact) mass is 247 g/mol. The standard InChI is InChI=1S/C12H13N3O3/c1-8-3-4-9(18-8)7-15(2)11-6-13-5-10(14-11)12(16)17/h3-6H,7H2,1-2H3,(H,16,17). The minimum Gasteiger partial charge on any atom is -0.476 e. The first-order valence-electron chi connectivity index (χ1n) is 5.38. The molecule has 18 heavy (non-hydrogen) atoms. The number of nitrogens with zero attached hydrogens (tertiary/aromatic N) is 3. The molecule has 0 unspecified atom stereocenters. The highest BCUT2D eigenvalue weighted by molar-refractivity contribution is 5.85. The summed E-state index contributed by atoms with van der Waals surface area (Å²) in [6.45, 7) is 2.37. The van der Waals surface area contributed by atoms with Gasteiger partial charge in [0.15, 0.2) is 5.69 Å². The lowest BCUT2D eigenvalue weighted by Gasteiger charge is -2.16. The van der Waals surface area contributed by atoms with Crippen LogP contribution in [0.1, 0.15) is 22.0 Å². The molecule has 0 aromatic carbocycles. The molecule has 0 amide bonds. The van der Waals surface area contributed by atoms with E-state index in [-0.39, 0.29) is 5.69 Å². The molecule has 0 radical (unpaired) electrons. The first kappa shape index (κ1) is 12.1. The third-order valence-corrected chi connectivity index (χ3v) is 2.42. The number of carbonyl (C=O) groups is 1. The second-order valence-corrected chi connectivity index (χ2v) is 3.94. The van der Waals surface area contributed by atoms with Crippen molar-refractivity contribution in [3.05, 3.63) is 41.7 Å². The molecular formula is C12H13N3O3. The van der Waals surface area contributed by atoms with Gasteiger partial charge in [-0.05, 0) is 19.1 Å². The normalized spacial score (nSPS) is 10.3. The number of aromatic carboxylic acids is 1. The SMILES string of the molecule is Cc1ccc(CN(C)c2cncc(C(=O)O)n2)o1. The summed E-state index contributed by atoms with van der Waals surface area (Å²) in [5.74, 6) is 1.02. The fourth-order valence-corrected chi connectivity index (χ4v) is 1.53. The summed E-state index contributed by atoms with van der Waals surface area (Å²) in [7, 11) is 1.80. The number of carboxylic acid groups (broad SMARTS) is 1. The highest BCUT2D eigenvalue weighted by atomic mass is 16.4. The van der Waals surface area contributed by atoms with Gasteiger partial charge in [0.25, 0.3) is 0 Å². The molecule has 0 spiro atoms. The average molecular weight is 247 g/mol. The van der Waals surface area contributed by atoms with Crippen LogP contribution >= 0.6 is 0 Å². The van der Waals surface area contributed by atoms with Crippen LogP contribution in [0.15, 0.2) is 28.9 Å². The third kappa shape index (κ3) is 2.65. The Morgan fingerprint density at radius 2 is 2.22 bits per heavy atom. The van der Waals surface area contributed by atoms with E-state index in [1.165, 1.54) is 12.4 Å². The molecule has 2 aromatic heterocycles. The minimum absolute atomic E-state index is 0.0741. The van der Waals surface area contributed by atoms with Crippen molar-refractivity contribution in [3.8, 4) is 0 Å². The number of hydrogen-bond acceptors (Lipinski definition) is 5. The maximum absolute atomic E-state index is 10.8. The number of rotatable bonds is 4. The van der Waals surface area contributed by atoms with Gasteiger partial charge in [-0.3, -0.25) is 4.98 Å². The summed E-state index contributed by atoms with van der Waals surface area (Å²) in [6.07, 6.45) is 2.74. The van der Waals surface area contributed by atoms with E-state index in [1.807, 2.05) is 19.1 Å². The molecule has 6 nitrogen and oxygen atoms in total. The fourth-order valence-electron chi connectivity index (χ4n) is 1.53. The lowest BCUT2D eigenvalue weighted by Crippen LogP contribution is -2.18. The Labute approximate surface area is 104 Å². The maximum Gasteiger partial charge on any atom is 0.356 e. The molecule has 0 bridgehead atoms. The second kappa shape index (κ2) is 4.87.